The quantitative estimate of drug-likeness (QED) is 0.685. The van der Waals surface area contributed by atoms with Crippen LogP contribution < -0.4 is 5.32 Å². The van der Waals surface area contributed by atoms with Gasteiger partial charge in [-0.2, -0.15) is 0 Å². The van der Waals surface area contributed by atoms with Gasteiger partial charge >= 0.3 is 0 Å². The van der Waals surface area contributed by atoms with Gasteiger partial charge in [0.05, 0.1) is 0 Å². The van der Waals surface area contributed by atoms with E-state index in [-0.39, 0.29) is 0 Å². The predicted octanol–water partition coefficient (Wildman–Crippen LogP) is 5.08. The van der Waals surface area contributed by atoms with Gasteiger partial charge in [-0.3, -0.25) is 0 Å². The summed E-state index contributed by atoms with van der Waals surface area (Å²) in [5.74, 6) is 1.71. The molecule has 0 fully saturated rings. The van der Waals surface area contributed by atoms with Gasteiger partial charge < -0.3 is 9.73 Å². The van der Waals surface area contributed by atoms with Crippen LogP contribution in [0.1, 0.15) is 24.3 Å². The standard InChI is InChI=1S/C19H17Cl2NO/c1-13(14-5-3-2-4-6-14)22-12-18-7-8-19(23-18)15-9-16(20)11-17(21)10-15/h2-11,13,22H,12H2,1H3/p+1/t13-/m1/s1. The van der Waals surface area contributed by atoms with E-state index >= 15 is 0 Å². The molecule has 118 valence electrons. The largest absolute Gasteiger partial charge is 0.455 e. The molecule has 4 heteroatoms. The lowest BCUT2D eigenvalue weighted by Gasteiger charge is -2.09. The lowest BCUT2D eigenvalue weighted by Crippen LogP contribution is -2.82. The number of hydrogen-bond acceptors (Lipinski definition) is 1. The van der Waals surface area contributed by atoms with Gasteiger partial charge in [0.25, 0.3) is 0 Å². The Bertz CT molecular complexity index is 763. The summed E-state index contributed by atoms with van der Waals surface area (Å²) < 4.78 is 5.92. The minimum atomic E-state index is 0.380. The Morgan fingerprint density at radius 1 is 0.957 bits per heavy atom. The van der Waals surface area contributed by atoms with Crippen LogP contribution in [0.25, 0.3) is 11.3 Å². The van der Waals surface area contributed by atoms with E-state index in [9.17, 15) is 0 Å². The fraction of sp³-hybridized carbons (Fsp3) is 0.158. The minimum Gasteiger partial charge on any atom is -0.455 e. The molecule has 2 nitrogen and oxygen atoms in total. The monoisotopic (exact) mass is 346 g/mol. The van der Waals surface area contributed by atoms with E-state index < -0.39 is 0 Å². The Balaban J connectivity index is 1.68. The van der Waals surface area contributed by atoms with Gasteiger partial charge in [0.1, 0.15) is 18.3 Å². The summed E-state index contributed by atoms with van der Waals surface area (Å²) >= 11 is 12.1. The summed E-state index contributed by atoms with van der Waals surface area (Å²) in [5.41, 5.74) is 2.20. The molecule has 0 saturated carbocycles. The van der Waals surface area contributed by atoms with Crippen LogP contribution in [0.3, 0.4) is 0 Å². The van der Waals surface area contributed by atoms with E-state index in [1.807, 2.05) is 30.3 Å². The van der Waals surface area contributed by atoms with Crippen molar-refractivity contribution in [2.45, 2.75) is 19.5 Å². The van der Waals surface area contributed by atoms with Gasteiger partial charge in [-0.25, -0.2) is 0 Å². The van der Waals surface area contributed by atoms with Crippen molar-refractivity contribution in [2.75, 3.05) is 0 Å². The summed E-state index contributed by atoms with van der Waals surface area (Å²) in [5, 5.41) is 3.47. The Morgan fingerprint density at radius 3 is 2.35 bits per heavy atom. The average molecular weight is 347 g/mol. The molecule has 0 amide bonds. The second kappa shape index (κ2) is 7.22. The van der Waals surface area contributed by atoms with Crippen LogP contribution in [-0.4, -0.2) is 0 Å². The molecule has 0 unspecified atom stereocenters. The molecule has 0 aliphatic heterocycles. The molecule has 1 aromatic heterocycles. The van der Waals surface area contributed by atoms with Gasteiger partial charge in [-0.1, -0.05) is 53.5 Å². The number of hydrogen-bond donors (Lipinski definition) is 1. The molecule has 3 rings (SSSR count). The Hall–Kier alpha value is -1.74. The van der Waals surface area contributed by atoms with E-state index in [1.165, 1.54) is 5.56 Å². The highest BCUT2D eigenvalue weighted by molar-refractivity contribution is 6.35. The third-order valence-corrected chi connectivity index (χ3v) is 4.24. The van der Waals surface area contributed by atoms with Gasteiger partial charge in [0.15, 0.2) is 5.76 Å². The van der Waals surface area contributed by atoms with Crippen molar-refractivity contribution in [3.8, 4) is 11.3 Å². The normalized spacial score (nSPS) is 12.3. The molecule has 2 aromatic carbocycles. The Kier molecular flexibility index (Phi) is 5.06. The highest BCUT2D eigenvalue weighted by Crippen LogP contribution is 2.28. The van der Waals surface area contributed by atoms with E-state index in [2.05, 4.69) is 36.5 Å². The second-order valence-corrected chi connectivity index (χ2v) is 6.44. The summed E-state index contributed by atoms with van der Waals surface area (Å²) in [6.07, 6.45) is 0. The molecule has 3 aromatic rings. The molecule has 0 bridgehead atoms. The van der Waals surface area contributed by atoms with E-state index in [1.54, 1.807) is 6.07 Å². The molecule has 0 aliphatic rings. The van der Waals surface area contributed by atoms with Crippen molar-refractivity contribution in [2.24, 2.45) is 0 Å². The zero-order valence-electron chi connectivity index (χ0n) is 12.8. The molecule has 0 radical (unpaired) electrons. The molecule has 0 saturated heterocycles. The molecule has 1 atom stereocenters. The fourth-order valence-corrected chi connectivity index (χ4v) is 3.05. The predicted molar refractivity (Wildman–Crippen MR) is 94.7 cm³/mol. The maximum Gasteiger partial charge on any atom is 0.158 e. The highest BCUT2D eigenvalue weighted by atomic mass is 35.5. The van der Waals surface area contributed by atoms with Crippen LogP contribution in [0.2, 0.25) is 10.0 Å². The van der Waals surface area contributed by atoms with E-state index in [4.69, 9.17) is 27.6 Å². The number of halogens is 2. The number of benzene rings is 2. The van der Waals surface area contributed by atoms with Crippen molar-refractivity contribution in [1.82, 2.24) is 0 Å². The highest BCUT2D eigenvalue weighted by Gasteiger charge is 2.11. The number of rotatable bonds is 5. The van der Waals surface area contributed by atoms with Gasteiger partial charge in [0, 0.05) is 21.2 Å². The number of nitrogens with two attached hydrogens (primary N) is 1. The lowest BCUT2D eigenvalue weighted by molar-refractivity contribution is -0.709. The SMILES string of the molecule is C[C@@H]([NH2+]Cc1ccc(-c2cc(Cl)cc(Cl)c2)o1)c1ccccc1. The van der Waals surface area contributed by atoms with Crippen molar-refractivity contribution >= 4 is 23.2 Å². The summed E-state index contributed by atoms with van der Waals surface area (Å²) in [7, 11) is 0. The first kappa shape index (κ1) is 16.1. The zero-order chi connectivity index (χ0) is 16.2. The van der Waals surface area contributed by atoms with Crippen molar-refractivity contribution in [3.05, 3.63) is 82.0 Å². The Morgan fingerprint density at radius 2 is 1.65 bits per heavy atom. The number of furan rings is 1. The second-order valence-electron chi connectivity index (χ2n) is 5.56. The molecule has 0 aliphatic carbocycles. The molecule has 0 spiro atoms. The first-order chi connectivity index (χ1) is 11.1. The first-order valence-corrected chi connectivity index (χ1v) is 8.31. The van der Waals surface area contributed by atoms with Crippen molar-refractivity contribution < 1.29 is 9.73 Å². The van der Waals surface area contributed by atoms with E-state index in [0.717, 1.165) is 23.6 Å². The Labute approximate surface area is 146 Å². The summed E-state index contributed by atoms with van der Waals surface area (Å²) in [6.45, 7) is 2.97. The van der Waals surface area contributed by atoms with Crippen LogP contribution in [-0.2, 0) is 6.54 Å². The minimum absolute atomic E-state index is 0.380. The fourth-order valence-electron chi connectivity index (χ4n) is 2.52. The third kappa shape index (κ3) is 4.17. The van der Waals surface area contributed by atoms with Gasteiger partial charge in [0.2, 0.25) is 0 Å². The average Bonchev–Trinajstić information content (AvgIpc) is 3.01. The molecule has 1 heterocycles. The van der Waals surface area contributed by atoms with Crippen LogP contribution in [0.15, 0.2) is 65.1 Å². The topological polar surface area (TPSA) is 29.8 Å². The molecule has 2 N–H and O–H groups in total. The van der Waals surface area contributed by atoms with Crippen LogP contribution in [0.4, 0.5) is 0 Å². The summed E-state index contributed by atoms with van der Waals surface area (Å²) in [6, 6.07) is 20.2. The van der Waals surface area contributed by atoms with Crippen LogP contribution in [0.5, 0.6) is 0 Å². The van der Waals surface area contributed by atoms with Crippen LogP contribution >= 0.6 is 23.2 Å². The van der Waals surface area contributed by atoms with Gasteiger partial charge in [-0.15, -0.1) is 0 Å². The van der Waals surface area contributed by atoms with Crippen molar-refractivity contribution in [3.63, 3.8) is 0 Å². The molecule has 23 heavy (non-hydrogen) atoms. The van der Waals surface area contributed by atoms with Crippen LogP contribution in [0, 0.1) is 0 Å². The van der Waals surface area contributed by atoms with E-state index in [0.29, 0.717) is 16.1 Å². The maximum absolute atomic E-state index is 6.05. The number of quaternary nitrogens is 1. The maximum atomic E-state index is 6.05. The first-order valence-electron chi connectivity index (χ1n) is 7.55. The molecular formula is C19H18Cl2NO+. The van der Waals surface area contributed by atoms with Gasteiger partial charge in [-0.05, 0) is 37.3 Å². The zero-order valence-corrected chi connectivity index (χ0v) is 14.3. The lowest BCUT2D eigenvalue weighted by atomic mass is 10.1. The molecular weight excluding hydrogens is 329 g/mol. The van der Waals surface area contributed by atoms with Crippen molar-refractivity contribution in [1.29, 1.82) is 0 Å². The smallest absolute Gasteiger partial charge is 0.158 e. The summed E-state index contributed by atoms with van der Waals surface area (Å²) in [4.78, 5) is 0. The third-order valence-electron chi connectivity index (χ3n) is 3.81.